The van der Waals surface area contributed by atoms with Crippen LogP contribution in [0.25, 0.3) is 0 Å². The molecule has 0 radical (unpaired) electrons. The molecule has 1 N–H and O–H groups in total. The van der Waals surface area contributed by atoms with Crippen molar-refractivity contribution in [1.29, 1.82) is 0 Å². The molecule has 22 heavy (non-hydrogen) atoms. The van der Waals surface area contributed by atoms with Gasteiger partial charge in [0.25, 0.3) is 15.7 Å². The molecule has 0 atom stereocenters. The van der Waals surface area contributed by atoms with E-state index >= 15 is 0 Å². The topological polar surface area (TPSA) is 102 Å². The molecule has 0 spiro atoms. The summed E-state index contributed by atoms with van der Waals surface area (Å²) >= 11 is 1.43. The number of hydrazone groups is 1. The average Bonchev–Trinajstić information content (AvgIpc) is 2.84. The van der Waals surface area contributed by atoms with Crippen molar-refractivity contribution in [2.24, 2.45) is 5.10 Å². The van der Waals surface area contributed by atoms with E-state index in [1.807, 2.05) is 18.4 Å². The molecule has 9 heteroatoms. The standard InChI is InChI=1S/C13H13N3O4S2/c1-9-3-4-11(7-12(9)16(17)18)22(19,20)15-14-8-13-10(2)5-6-21-13/h3-8,15H,1-2H3/b14-8+. The van der Waals surface area contributed by atoms with Gasteiger partial charge in [-0.3, -0.25) is 10.1 Å². The molecule has 0 fully saturated rings. The van der Waals surface area contributed by atoms with E-state index in [0.717, 1.165) is 16.5 Å². The molecule has 0 saturated carbocycles. The van der Waals surface area contributed by atoms with Crippen LogP contribution in [0.1, 0.15) is 16.0 Å². The molecule has 0 unspecified atom stereocenters. The van der Waals surface area contributed by atoms with Crippen molar-refractivity contribution < 1.29 is 13.3 Å². The second kappa shape index (κ2) is 6.24. The van der Waals surface area contributed by atoms with Gasteiger partial charge >= 0.3 is 0 Å². The Morgan fingerprint density at radius 3 is 2.59 bits per heavy atom. The molecule has 2 aromatic rings. The van der Waals surface area contributed by atoms with Crippen molar-refractivity contribution in [3.8, 4) is 0 Å². The average molecular weight is 339 g/mol. The number of nitrogens with one attached hydrogen (secondary N) is 1. The first-order chi connectivity index (χ1) is 10.3. The van der Waals surface area contributed by atoms with Crippen molar-refractivity contribution in [2.45, 2.75) is 18.7 Å². The smallest absolute Gasteiger partial charge is 0.258 e. The Labute approximate surface area is 131 Å². The van der Waals surface area contributed by atoms with Crippen LogP contribution in [0.15, 0.2) is 39.6 Å². The number of hydrogen-bond donors (Lipinski definition) is 1. The SMILES string of the molecule is Cc1ccc(S(=O)(=O)N/N=C/c2sccc2C)cc1[N+](=O)[O-]. The number of hydrogen-bond acceptors (Lipinski definition) is 6. The van der Waals surface area contributed by atoms with E-state index in [0.29, 0.717) is 5.56 Å². The van der Waals surface area contributed by atoms with Gasteiger partial charge in [-0.05, 0) is 36.9 Å². The minimum Gasteiger partial charge on any atom is -0.258 e. The third-order valence-corrected chi connectivity index (χ3v) is 5.12. The predicted molar refractivity (Wildman–Crippen MR) is 84.8 cm³/mol. The highest BCUT2D eigenvalue weighted by Crippen LogP contribution is 2.22. The summed E-state index contributed by atoms with van der Waals surface area (Å²) in [6.07, 6.45) is 1.40. The first-order valence-electron chi connectivity index (χ1n) is 6.15. The van der Waals surface area contributed by atoms with Crippen LogP contribution in [0.4, 0.5) is 5.69 Å². The minimum absolute atomic E-state index is 0.204. The summed E-state index contributed by atoms with van der Waals surface area (Å²) in [5.74, 6) is 0. The monoisotopic (exact) mass is 339 g/mol. The van der Waals surface area contributed by atoms with E-state index in [-0.39, 0.29) is 10.6 Å². The number of thiophene rings is 1. The van der Waals surface area contributed by atoms with Crippen LogP contribution >= 0.6 is 11.3 Å². The lowest BCUT2D eigenvalue weighted by molar-refractivity contribution is -0.385. The highest BCUT2D eigenvalue weighted by Gasteiger charge is 2.19. The molecular weight excluding hydrogens is 326 g/mol. The lowest BCUT2D eigenvalue weighted by Gasteiger charge is -2.04. The second-order valence-electron chi connectivity index (χ2n) is 4.53. The van der Waals surface area contributed by atoms with Gasteiger partial charge in [-0.25, -0.2) is 4.83 Å². The molecule has 0 amide bonds. The normalized spacial score (nSPS) is 11.7. The van der Waals surface area contributed by atoms with E-state index in [1.165, 1.54) is 29.7 Å². The maximum absolute atomic E-state index is 12.1. The Kier molecular flexibility index (Phi) is 4.57. The Hall–Kier alpha value is -2.26. The van der Waals surface area contributed by atoms with E-state index in [9.17, 15) is 18.5 Å². The van der Waals surface area contributed by atoms with Gasteiger partial charge in [0.15, 0.2) is 0 Å². The predicted octanol–water partition coefficient (Wildman–Crippen LogP) is 2.59. The zero-order valence-corrected chi connectivity index (χ0v) is 13.4. The van der Waals surface area contributed by atoms with Crippen LogP contribution in [0.3, 0.4) is 0 Å². The summed E-state index contributed by atoms with van der Waals surface area (Å²) in [4.78, 5) is 12.9. The molecule has 1 aromatic carbocycles. The van der Waals surface area contributed by atoms with Crippen LogP contribution < -0.4 is 4.83 Å². The van der Waals surface area contributed by atoms with Crippen molar-refractivity contribution >= 4 is 33.3 Å². The molecule has 0 bridgehead atoms. The Morgan fingerprint density at radius 2 is 2.00 bits per heavy atom. The Bertz CT molecular complexity index is 841. The molecule has 116 valence electrons. The molecule has 0 aliphatic rings. The van der Waals surface area contributed by atoms with Crippen molar-refractivity contribution in [3.05, 3.63) is 55.8 Å². The van der Waals surface area contributed by atoms with Crippen LogP contribution in [-0.2, 0) is 10.0 Å². The second-order valence-corrected chi connectivity index (χ2v) is 7.13. The summed E-state index contributed by atoms with van der Waals surface area (Å²) < 4.78 is 24.2. The fourth-order valence-corrected chi connectivity index (χ4v) is 3.27. The molecule has 0 saturated heterocycles. The third kappa shape index (κ3) is 3.49. The number of benzene rings is 1. The van der Waals surface area contributed by atoms with Crippen LogP contribution in [0.2, 0.25) is 0 Å². The molecule has 1 heterocycles. The maximum atomic E-state index is 12.1. The van der Waals surface area contributed by atoms with Gasteiger partial charge in [0, 0.05) is 11.6 Å². The molecule has 7 nitrogen and oxygen atoms in total. The lowest BCUT2D eigenvalue weighted by atomic mass is 10.2. The van der Waals surface area contributed by atoms with E-state index in [1.54, 1.807) is 6.92 Å². The fraction of sp³-hybridized carbons (Fsp3) is 0.154. The number of aryl methyl sites for hydroxylation is 2. The summed E-state index contributed by atoms with van der Waals surface area (Å²) in [5.41, 5.74) is 1.13. The Balaban J connectivity index is 2.24. The molecule has 2 rings (SSSR count). The fourth-order valence-electron chi connectivity index (χ4n) is 1.68. The lowest BCUT2D eigenvalue weighted by Crippen LogP contribution is -2.18. The van der Waals surface area contributed by atoms with Crippen molar-refractivity contribution in [2.75, 3.05) is 0 Å². The first kappa shape index (κ1) is 16.1. The van der Waals surface area contributed by atoms with Crippen molar-refractivity contribution in [1.82, 2.24) is 4.83 Å². The van der Waals surface area contributed by atoms with E-state index < -0.39 is 14.9 Å². The third-order valence-electron chi connectivity index (χ3n) is 2.94. The summed E-state index contributed by atoms with van der Waals surface area (Å²) in [7, 11) is -3.95. The highest BCUT2D eigenvalue weighted by molar-refractivity contribution is 7.89. The number of sulfonamides is 1. The molecule has 1 aromatic heterocycles. The van der Waals surface area contributed by atoms with Crippen LogP contribution in [-0.4, -0.2) is 19.6 Å². The van der Waals surface area contributed by atoms with Gasteiger partial charge in [-0.2, -0.15) is 13.5 Å². The van der Waals surface area contributed by atoms with Gasteiger partial charge in [0.05, 0.1) is 20.9 Å². The molecule has 0 aliphatic carbocycles. The summed E-state index contributed by atoms with van der Waals surface area (Å²) in [6, 6.07) is 5.60. The minimum atomic E-state index is -3.95. The number of nitrogens with zero attached hydrogens (tertiary/aromatic N) is 2. The van der Waals surface area contributed by atoms with Gasteiger partial charge < -0.3 is 0 Å². The number of nitro benzene ring substituents is 1. The largest absolute Gasteiger partial charge is 0.276 e. The Morgan fingerprint density at radius 1 is 1.27 bits per heavy atom. The van der Waals surface area contributed by atoms with Crippen LogP contribution in [0.5, 0.6) is 0 Å². The quantitative estimate of drug-likeness (QED) is 0.514. The van der Waals surface area contributed by atoms with Gasteiger partial charge in [-0.15, -0.1) is 11.3 Å². The van der Waals surface area contributed by atoms with Crippen LogP contribution in [0, 0.1) is 24.0 Å². The number of nitro groups is 1. The summed E-state index contributed by atoms with van der Waals surface area (Å²) in [6.45, 7) is 3.43. The van der Waals surface area contributed by atoms with Gasteiger partial charge in [0.2, 0.25) is 0 Å². The van der Waals surface area contributed by atoms with E-state index in [4.69, 9.17) is 0 Å². The summed E-state index contributed by atoms with van der Waals surface area (Å²) in [5, 5.41) is 16.4. The maximum Gasteiger partial charge on any atom is 0.276 e. The molecular formula is C13H13N3O4S2. The number of rotatable bonds is 5. The first-order valence-corrected chi connectivity index (χ1v) is 8.51. The zero-order valence-electron chi connectivity index (χ0n) is 11.8. The van der Waals surface area contributed by atoms with Gasteiger partial charge in [0.1, 0.15) is 0 Å². The van der Waals surface area contributed by atoms with E-state index in [2.05, 4.69) is 9.93 Å². The highest BCUT2D eigenvalue weighted by atomic mass is 32.2. The van der Waals surface area contributed by atoms with Gasteiger partial charge in [-0.1, -0.05) is 6.07 Å². The van der Waals surface area contributed by atoms with Crippen molar-refractivity contribution in [3.63, 3.8) is 0 Å². The zero-order chi connectivity index (χ0) is 16.3. The molecule has 0 aliphatic heterocycles.